The summed E-state index contributed by atoms with van der Waals surface area (Å²) in [5, 5.41) is 3.77. The molecule has 0 unspecified atom stereocenters. The third-order valence-electron chi connectivity index (χ3n) is 2.00. The van der Waals surface area contributed by atoms with E-state index in [4.69, 9.17) is 10.5 Å². The number of nitrogens with zero attached hydrogens (tertiary/aromatic N) is 2. The van der Waals surface area contributed by atoms with Crippen LogP contribution in [0.2, 0.25) is 0 Å². The van der Waals surface area contributed by atoms with Gasteiger partial charge < -0.3 is 15.3 Å². The van der Waals surface area contributed by atoms with Crippen LogP contribution in [0.4, 0.5) is 0 Å². The summed E-state index contributed by atoms with van der Waals surface area (Å²) in [7, 11) is 1.45. The summed E-state index contributed by atoms with van der Waals surface area (Å²) in [6.45, 7) is 0.313. The molecule has 0 aromatic carbocycles. The summed E-state index contributed by atoms with van der Waals surface area (Å²) in [5.74, 6) is -0.0341. The second-order valence-corrected chi connectivity index (χ2v) is 2.94. The van der Waals surface area contributed by atoms with Gasteiger partial charge in [0.25, 0.3) is 5.91 Å². The number of aromatic nitrogens is 1. The first-order chi connectivity index (χ1) is 7.22. The molecule has 1 aromatic heterocycles. The molecule has 6 heteroatoms. The Morgan fingerprint density at radius 2 is 2.53 bits per heavy atom. The van der Waals surface area contributed by atoms with Gasteiger partial charge in [-0.3, -0.25) is 9.78 Å². The first-order valence-corrected chi connectivity index (χ1v) is 4.25. The summed E-state index contributed by atoms with van der Waals surface area (Å²) in [6.07, 6.45) is 1.50. The van der Waals surface area contributed by atoms with Crippen LogP contribution in [0.1, 0.15) is 16.1 Å². The Labute approximate surface area is 85.7 Å². The van der Waals surface area contributed by atoms with Crippen molar-refractivity contribution in [1.82, 2.24) is 4.98 Å². The van der Waals surface area contributed by atoms with Gasteiger partial charge in [0.05, 0.1) is 5.56 Å². The fourth-order valence-electron chi connectivity index (χ4n) is 1.32. The van der Waals surface area contributed by atoms with Gasteiger partial charge in [0.2, 0.25) is 0 Å². The normalized spacial score (nSPS) is 15.9. The van der Waals surface area contributed by atoms with Gasteiger partial charge in [0, 0.05) is 12.3 Å². The van der Waals surface area contributed by atoms with Crippen LogP contribution in [0.25, 0.3) is 0 Å². The highest BCUT2D eigenvalue weighted by Crippen LogP contribution is 2.25. The molecule has 15 heavy (non-hydrogen) atoms. The molecule has 0 bridgehead atoms. The van der Waals surface area contributed by atoms with Crippen molar-refractivity contribution in [1.29, 1.82) is 0 Å². The second-order valence-electron chi connectivity index (χ2n) is 2.94. The Hall–Kier alpha value is -2.11. The summed E-state index contributed by atoms with van der Waals surface area (Å²) < 4.78 is 5.30. The van der Waals surface area contributed by atoms with Crippen molar-refractivity contribution in [3.63, 3.8) is 0 Å². The molecule has 78 valence electrons. The minimum Gasteiger partial charge on any atom is -0.486 e. The third-order valence-corrected chi connectivity index (χ3v) is 2.00. The molecule has 1 aliphatic rings. The van der Waals surface area contributed by atoms with Crippen LogP contribution in [0, 0.1) is 0 Å². The second kappa shape index (κ2) is 3.56. The maximum absolute atomic E-state index is 10.9. The van der Waals surface area contributed by atoms with E-state index in [1.807, 2.05) is 0 Å². The van der Waals surface area contributed by atoms with Gasteiger partial charge in [-0.15, -0.1) is 0 Å². The highest BCUT2D eigenvalue weighted by Gasteiger charge is 2.21. The number of amides is 1. The monoisotopic (exact) mass is 207 g/mol. The van der Waals surface area contributed by atoms with E-state index in [9.17, 15) is 4.79 Å². The number of pyridine rings is 1. The molecule has 0 spiro atoms. The summed E-state index contributed by atoms with van der Waals surface area (Å²) in [4.78, 5) is 19.4. The molecule has 1 amide bonds. The highest BCUT2D eigenvalue weighted by molar-refractivity contribution is 6.06. The van der Waals surface area contributed by atoms with Gasteiger partial charge in [-0.1, -0.05) is 5.16 Å². The molecule has 2 heterocycles. The minimum absolute atomic E-state index is 0.174. The first kappa shape index (κ1) is 9.45. The smallest absolute Gasteiger partial charge is 0.267 e. The number of hydrogen-bond donors (Lipinski definition) is 1. The lowest BCUT2D eigenvalue weighted by molar-refractivity contribution is 0.0995. The fourth-order valence-corrected chi connectivity index (χ4v) is 1.32. The lowest BCUT2D eigenvalue weighted by atomic mass is 10.2. The van der Waals surface area contributed by atoms with Gasteiger partial charge in [-0.2, -0.15) is 0 Å². The molecule has 1 aromatic rings. The zero-order chi connectivity index (χ0) is 10.8. The molecule has 0 fully saturated rings. The standard InChI is InChI=1S/C9H9N3O3/c1-14-12-7-4-15-8-2-6(9(10)13)11-3-5(7)8/h2-3H,4H2,1H3,(H2,10,13)/b12-7-. The number of fused-ring (bicyclic) bond motifs is 1. The first-order valence-electron chi connectivity index (χ1n) is 4.25. The summed E-state index contributed by atoms with van der Waals surface area (Å²) in [5.41, 5.74) is 6.64. The Bertz CT molecular complexity index is 442. The van der Waals surface area contributed by atoms with Crippen LogP contribution >= 0.6 is 0 Å². The number of rotatable bonds is 2. The number of carbonyl (C=O) groups excluding carboxylic acids is 1. The van der Waals surface area contributed by atoms with Gasteiger partial charge >= 0.3 is 0 Å². The maximum Gasteiger partial charge on any atom is 0.267 e. The van der Waals surface area contributed by atoms with E-state index in [1.165, 1.54) is 19.4 Å². The Kier molecular flexibility index (Phi) is 2.24. The van der Waals surface area contributed by atoms with Crippen LogP contribution in [-0.4, -0.2) is 30.3 Å². The predicted molar refractivity (Wildman–Crippen MR) is 51.8 cm³/mol. The lowest BCUT2D eigenvalue weighted by Gasteiger charge is -1.98. The average Bonchev–Trinajstić information content (AvgIpc) is 2.61. The van der Waals surface area contributed by atoms with E-state index < -0.39 is 5.91 Å². The number of primary amides is 1. The van der Waals surface area contributed by atoms with E-state index in [0.717, 1.165) is 5.56 Å². The number of hydrogen-bond acceptors (Lipinski definition) is 5. The van der Waals surface area contributed by atoms with E-state index in [1.54, 1.807) is 0 Å². The van der Waals surface area contributed by atoms with Crippen LogP contribution in [0.3, 0.4) is 0 Å². The van der Waals surface area contributed by atoms with Crippen LogP contribution in [-0.2, 0) is 4.84 Å². The molecule has 0 saturated heterocycles. The van der Waals surface area contributed by atoms with Crippen molar-refractivity contribution in [3.8, 4) is 5.75 Å². The largest absolute Gasteiger partial charge is 0.486 e. The lowest BCUT2D eigenvalue weighted by Crippen LogP contribution is -2.13. The van der Waals surface area contributed by atoms with Gasteiger partial charge in [0.15, 0.2) is 0 Å². The molecule has 2 rings (SSSR count). The van der Waals surface area contributed by atoms with Crippen LogP contribution < -0.4 is 10.5 Å². The zero-order valence-electron chi connectivity index (χ0n) is 8.06. The molecular formula is C9H9N3O3. The number of oxime groups is 1. The third kappa shape index (κ3) is 1.61. The molecule has 0 saturated carbocycles. The molecule has 0 radical (unpaired) electrons. The van der Waals surface area contributed by atoms with Crippen molar-refractivity contribution in [3.05, 3.63) is 23.5 Å². The van der Waals surface area contributed by atoms with Crippen molar-refractivity contribution in [2.24, 2.45) is 10.9 Å². The predicted octanol–water partition coefficient (Wildman–Crippen LogP) is -0.0766. The minimum atomic E-state index is -0.585. The fraction of sp³-hybridized carbons (Fsp3) is 0.222. The summed E-state index contributed by atoms with van der Waals surface area (Å²) >= 11 is 0. The van der Waals surface area contributed by atoms with E-state index in [-0.39, 0.29) is 5.69 Å². The maximum atomic E-state index is 10.9. The molecule has 0 aliphatic carbocycles. The highest BCUT2D eigenvalue weighted by atomic mass is 16.6. The van der Waals surface area contributed by atoms with Crippen molar-refractivity contribution < 1.29 is 14.4 Å². The number of carbonyl (C=O) groups is 1. The van der Waals surface area contributed by atoms with Crippen LogP contribution in [0.15, 0.2) is 17.4 Å². The quantitative estimate of drug-likeness (QED) is 0.687. The Morgan fingerprint density at radius 1 is 1.73 bits per heavy atom. The Morgan fingerprint density at radius 3 is 3.20 bits per heavy atom. The molecule has 1 aliphatic heterocycles. The van der Waals surface area contributed by atoms with Crippen LogP contribution in [0.5, 0.6) is 5.75 Å². The average molecular weight is 207 g/mol. The van der Waals surface area contributed by atoms with Gasteiger partial charge in [0.1, 0.15) is 30.9 Å². The zero-order valence-corrected chi connectivity index (χ0v) is 8.06. The SMILES string of the molecule is CO/N=C1/COc2cc(C(N)=O)ncc21. The topological polar surface area (TPSA) is 86.8 Å². The van der Waals surface area contributed by atoms with Gasteiger partial charge in [-0.05, 0) is 0 Å². The van der Waals surface area contributed by atoms with E-state index in [0.29, 0.717) is 18.1 Å². The van der Waals surface area contributed by atoms with E-state index in [2.05, 4.69) is 15.0 Å². The Balaban J connectivity index is 2.42. The van der Waals surface area contributed by atoms with Crippen molar-refractivity contribution in [2.45, 2.75) is 0 Å². The van der Waals surface area contributed by atoms with Crippen molar-refractivity contribution in [2.75, 3.05) is 13.7 Å². The molecule has 2 N–H and O–H groups in total. The molecule has 0 atom stereocenters. The molecular weight excluding hydrogens is 198 g/mol. The number of ether oxygens (including phenoxy) is 1. The van der Waals surface area contributed by atoms with Crippen molar-refractivity contribution >= 4 is 11.6 Å². The number of nitrogens with two attached hydrogens (primary N) is 1. The molecule has 6 nitrogen and oxygen atoms in total. The summed E-state index contributed by atoms with van der Waals surface area (Å²) in [6, 6.07) is 1.50. The van der Waals surface area contributed by atoms with E-state index >= 15 is 0 Å². The van der Waals surface area contributed by atoms with Gasteiger partial charge in [-0.25, -0.2) is 0 Å².